The summed E-state index contributed by atoms with van der Waals surface area (Å²) in [6.45, 7) is 3.36. The molecule has 0 N–H and O–H groups in total. The largest absolute Gasteiger partial charge is 0.490 e. The summed E-state index contributed by atoms with van der Waals surface area (Å²) in [4.78, 5) is 21.3. The third kappa shape index (κ3) is 3.94. The third-order valence-corrected chi connectivity index (χ3v) is 1.91. The van der Waals surface area contributed by atoms with Crippen molar-refractivity contribution in [2.75, 3.05) is 0 Å². The zero-order chi connectivity index (χ0) is 11.3. The summed E-state index contributed by atoms with van der Waals surface area (Å²) in [5, 5.41) is 0. The molecule has 0 heterocycles. The first-order chi connectivity index (χ1) is 7.11. The first kappa shape index (κ1) is 11.4. The molecule has 3 nitrogen and oxygen atoms in total. The van der Waals surface area contributed by atoms with Crippen LogP contribution in [0.25, 0.3) is 0 Å². The molecule has 1 atom stereocenters. The van der Waals surface area contributed by atoms with Crippen LogP contribution in [0.5, 0.6) is 5.75 Å². The Balaban J connectivity index is 2.63. The lowest BCUT2D eigenvalue weighted by molar-refractivity contribution is -0.118. The molecule has 0 bridgehead atoms. The van der Waals surface area contributed by atoms with E-state index in [9.17, 15) is 9.59 Å². The van der Waals surface area contributed by atoms with Crippen molar-refractivity contribution in [2.45, 2.75) is 26.4 Å². The first-order valence-corrected chi connectivity index (χ1v) is 4.83. The van der Waals surface area contributed by atoms with Crippen molar-refractivity contribution in [2.24, 2.45) is 0 Å². The predicted molar refractivity (Wildman–Crippen MR) is 57.2 cm³/mol. The Morgan fingerprint density at radius 3 is 2.87 bits per heavy atom. The number of hydrogen-bond acceptors (Lipinski definition) is 3. The van der Waals surface area contributed by atoms with Crippen LogP contribution in [0.2, 0.25) is 0 Å². The highest BCUT2D eigenvalue weighted by molar-refractivity contribution is 5.76. The Labute approximate surface area is 89.1 Å². The molecule has 0 spiro atoms. The van der Waals surface area contributed by atoms with Crippen molar-refractivity contribution < 1.29 is 14.3 Å². The normalized spacial score (nSPS) is 11.9. The molecule has 1 aromatic carbocycles. The van der Waals surface area contributed by atoms with E-state index in [-0.39, 0.29) is 11.9 Å². The minimum absolute atomic E-state index is 0.0917. The van der Waals surface area contributed by atoms with Crippen molar-refractivity contribution in [3.05, 3.63) is 29.8 Å². The molecule has 0 aliphatic heterocycles. The highest BCUT2D eigenvalue weighted by atomic mass is 16.5. The number of ether oxygens (including phenoxy) is 1. The molecular weight excluding hydrogens is 192 g/mol. The average molecular weight is 206 g/mol. The van der Waals surface area contributed by atoms with Gasteiger partial charge in [0.05, 0.1) is 0 Å². The summed E-state index contributed by atoms with van der Waals surface area (Å²) in [5.41, 5.74) is 0.572. The lowest BCUT2D eigenvalue weighted by atomic mass is 10.2. The molecule has 0 aliphatic rings. The van der Waals surface area contributed by atoms with Crippen molar-refractivity contribution in [1.82, 2.24) is 0 Å². The number of hydrogen-bond donors (Lipinski definition) is 0. The Morgan fingerprint density at radius 2 is 2.27 bits per heavy atom. The second-order valence-electron chi connectivity index (χ2n) is 3.52. The van der Waals surface area contributed by atoms with E-state index < -0.39 is 0 Å². The van der Waals surface area contributed by atoms with Crippen LogP contribution in [-0.2, 0) is 4.79 Å². The number of carbonyl (C=O) groups excluding carboxylic acids is 2. The quantitative estimate of drug-likeness (QED) is 0.694. The molecule has 0 fully saturated rings. The number of rotatable bonds is 5. The van der Waals surface area contributed by atoms with Gasteiger partial charge in [-0.2, -0.15) is 0 Å². The molecule has 0 aromatic heterocycles. The molecule has 1 aromatic rings. The van der Waals surface area contributed by atoms with E-state index in [1.807, 2.05) is 6.92 Å². The first-order valence-electron chi connectivity index (χ1n) is 4.83. The molecule has 0 radical (unpaired) electrons. The van der Waals surface area contributed by atoms with Gasteiger partial charge < -0.3 is 4.74 Å². The van der Waals surface area contributed by atoms with Gasteiger partial charge in [0.15, 0.2) is 0 Å². The van der Waals surface area contributed by atoms with Gasteiger partial charge in [0.2, 0.25) is 0 Å². The van der Waals surface area contributed by atoms with Gasteiger partial charge in [0, 0.05) is 12.0 Å². The smallest absolute Gasteiger partial charge is 0.150 e. The fraction of sp³-hybridized carbons (Fsp3) is 0.333. The Bertz CT molecular complexity index is 358. The van der Waals surface area contributed by atoms with Crippen LogP contribution < -0.4 is 4.74 Å². The van der Waals surface area contributed by atoms with Crippen molar-refractivity contribution in [3.63, 3.8) is 0 Å². The molecule has 1 rings (SSSR count). The number of ketones is 1. The van der Waals surface area contributed by atoms with E-state index in [1.165, 1.54) is 6.92 Å². The SMILES string of the molecule is CC(=O)CC(C)Oc1cccc(C=O)c1. The van der Waals surface area contributed by atoms with Crippen LogP contribution in [0.1, 0.15) is 30.6 Å². The predicted octanol–water partition coefficient (Wildman–Crippen LogP) is 2.25. The van der Waals surface area contributed by atoms with Gasteiger partial charge in [-0.3, -0.25) is 9.59 Å². The highest BCUT2D eigenvalue weighted by Gasteiger charge is 2.06. The summed E-state index contributed by atoms with van der Waals surface area (Å²) in [7, 11) is 0. The molecule has 0 aliphatic carbocycles. The van der Waals surface area contributed by atoms with E-state index >= 15 is 0 Å². The molecule has 80 valence electrons. The van der Waals surface area contributed by atoms with Gasteiger partial charge in [-0.25, -0.2) is 0 Å². The maximum Gasteiger partial charge on any atom is 0.150 e. The summed E-state index contributed by atoms with van der Waals surface area (Å²) in [5.74, 6) is 0.711. The van der Waals surface area contributed by atoms with Crippen LogP contribution in [0.4, 0.5) is 0 Å². The second-order valence-corrected chi connectivity index (χ2v) is 3.52. The minimum atomic E-state index is -0.163. The Kier molecular flexibility index (Phi) is 4.03. The molecule has 0 saturated carbocycles. The lowest BCUT2D eigenvalue weighted by Crippen LogP contribution is -2.15. The van der Waals surface area contributed by atoms with Crippen LogP contribution in [0.3, 0.4) is 0 Å². The topological polar surface area (TPSA) is 43.4 Å². The van der Waals surface area contributed by atoms with Crippen molar-refractivity contribution in [3.8, 4) is 5.75 Å². The van der Waals surface area contributed by atoms with Gasteiger partial charge in [0.25, 0.3) is 0 Å². The van der Waals surface area contributed by atoms with Crippen LogP contribution >= 0.6 is 0 Å². The molecule has 0 amide bonds. The summed E-state index contributed by atoms with van der Waals surface area (Å²) < 4.78 is 5.49. The maximum absolute atomic E-state index is 10.8. The standard InChI is InChI=1S/C12H14O3/c1-9(14)6-10(2)15-12-5-3-4-11(7-12)8-13/h3-5,7-8,10H,6H2,1-2H3. The Morgan fingerprint density at radius 1 is 1.53 bits per heavy atom. The molecular formula is C12H14O3. The van der Waals surface area contributed by atoms with Gasteiger partial charge in [0.1, 0.15) is 23.9 Å². The second kappa shape index (κ2) is 5.29. The molecule has 1 unspecified atom stereocenters. The van der Waals surface area contributed by atoms with E-state index in [2.05, 4.69) is 0 Å². The number of benzene rings is 1. The Hall–Kier alpha value is -1.64. The number of Topliss-reactive ketones (excluding diaryl/α,β-unsaturated/α-hetero) is 1. The minimum Gasteiger partial charge on any atom is -0.490 e. The number of carbonyl (C=O) groups is 2. The monoisotopic (exact) mass is 206 g/mol. The van der Waals surface area contributed by atoms with Gasteiger partial charge in [-0.15, -0.1) is 0 Å². The maximum atomic E-state index is 10.8. The molecule has 15 heavy (non-hydrogen) atoms. The molecule has 3 heteroatoms. The fourth-order valence-electron chi connectivity index (χ4n) is 1.34. The van der Waals surface area contributed by atoms with Crippen LogP contribution in [0.15, 0.2) is 24.3 Å². The third-order valence-electron chi connectivity index (χ3n) is 1.91. The van der Waals surface area contributed by atoms with Gasteiger partial charge >= 0.3 is 0 Å². The van der Waals surface area contributed by atoms with Crippen molar-refractivity contribution in [1.29, 1.82) is 0 Å². The highest BCUT2D eigenvalue weighted by Crippen LogP contribution is 2.14. The summed E-state index contributed by atoms with van der Waals surface area (Å²) >= 11 is 0. The number of aldehydes is 1. The van der Waals surface area contributed by atoms with Crippen molar-refractivity contribution >= 4 is 12.1 Å². The molecule has 0 saturated heterocycles. The zero-order valence-electron chi connectivity index (χ0n) is 8.90. The fourth-order valence-corrected chi connectivity index (χ4v) is 1.34. The van der Waals surface area contributed by atoms with E-state index in [0.29, 0.717) is 17.7 Å². The van der Waals surface area contributed by atoms with E-state index in [0.717, 1.165) is 6.29 Å². The van der Waals surface area contributed by atoms with Crippen LogP contribution in [-0.4, -0.2) is 18.2 Å². The van der Waals surface area contributed by atoms with E-state index in [1.54, 1.807) is 24.3 Å². The van der Waals surface area contributed by atoms with E-state index in [4.69, 9.17) is 4.74 Å². The lowest BCUT2D eigenvalue weighted by Gasteiger charge is -2.13. The van der Waals surface area contributed by atoms with Crippen LogP contribution in [0, 0.1) is 0 Å². The summed E-state index contributed by atoms with van der Waals surface area (Å²) in [6.07, 6.45) is 0.984. The van der Waals surface area contributed by atoms with Gasteiger partial charge in [-0.05, 0) is 26.0 Å². The average Bonchev–Trinajstić information content (AvgIpc) is 2.16. The zero-order valence-corrected chi connectivity index (χ0v) is 8.90. The van der Waals surface area contributed by atoms with Gasteiger partial charge in [-0.1, -0.05) is 12.1 Å². The summed E-state index contributed by atoms with van der Waals surface area (Å²) in [6, 6.07) is 6.88.